The molecule has 1 fully saturated rings. The number of ether oxygens (including phenoxy) is 1. The van der Waals surface area contributed by atoms with Crippen LogP contribution in [0.4, 0.5) is 0 Å². The molecule has 7 nitrogen and oxygen atoms in total. The molecule has 0 saturated heterocycles. The van der Waals surface area contributed by atoms with Gasteiger partial charge in [0.2, 0.25) is 0 Å². The van der Waals surface area contributed by atoms with E-state index in [2.05, 4.69) is 5.32 Å². The first-order valence-corrected chi connectivity index (χ1v) is 10.9. The Bertz CT molecular complexity index is 1300. The van der Waals surface area contributed by atoms with Crippen LogP contribution in [0, 0.1) is 0 Å². The van der Waals surface area contributed by atoms with E-state index in [0.717, 1.165) is 29.5 Å². The smallest absolute Gasteiger partial charge is 0.331 e. The maximum absolute atomic E-state index is 12.4. The van der Waals surface area contributed by atoms with E-state index in [-0.39, 0.29) is 11.9 Å². The predicted molar refractivity (Wildman–Crippen MR) is 125 cm³/mol. The lowest BCUT2D eigenvalue weighted by Crippen LogP contribution is -2.36. The molecule has 1 N–H and O–H groups in total. The number of carbonyl (C=O) groups is 2. The van der Waals surface area contributed by atoms with Gasteiger partial charge in [-0.1, -0.05) is 36.4 Å². The highest BCUT2D eigenvalue weighted by Crippen LogP contribution is 2.30. The van der Waals surface area contributed by atoms with Crippen LogP contribution in [0.2, 0.25) is 0 Å². The van der Waals surface area contributed by atoms with Gasteiger partial charge in [0.05, 0.1) is 5.69 Å². The number of nitrogens with zero attached hydrogens (tertiary/aromatic N) is 2. The van der Waals surface area contributed by atoms with Gasteiger partial charge in [-0.2, -0.15) is 5.10 Å². The molecule has 0 aliphatic heterocycles. The molecular weight excluding hydrogens is 418 g/mol. The molecule has 1 atom stereocenters. The lowest BCUT2D eigenvalue weighted by molar-refractivity contribution is -0.150. The van der Waals surface area contributed by atoms with E-state index >= 15 is 0 Å². The quantitative estimate of drug-likeness (QED) is 0.337. The number of rotatable bonds is 7. The second kappa shape index (κ2) is 8.78. The Kier molecular flexibility index (Phi) is 5.52. The number of furan rings is 1. The first kappa shape index (κ1) is 20.8. The Hall–Kier alpha value is -4.13. The number of amides is 1. The van der Waals surface area contributed by atoms with Gasteiger partial charge in [0.25, 0.3) is 5.91 Å². The van der Waals surface area contributed by atoms with Gasteiger partial charge in [0, 0.05) is 29.3 Å². The third-order valence-electron chi connectivity index (χ3n) is 5.41. The van der Waals surface area contributed by atoms with Crippen molar-refractivity contribution in [3.05, 3.63) is 78.5 Å². The minimum atomic E-state index is -0.857. The number of fused-ring (bicyclic) bond motifs is 1. The van der Waals surface area contributed by atoms with Crippen molar-refractivity contribution >= 4 is 28.9 Å². The summed E-state index contributed by atoms with van der Waals surface area (Å²) < 4.78 is 13.0. The van der Waals surface area contributed by atoms with Crippen molar-refractivity contribution in [1.29, 1.82) is 0 Å². The van der Waals surface area contributed by atoms with Gasteiger partial charge in [0.1, 0.15) is 11.3 Å². The maximum Gasteiger partial charge on any atom is 0.331 e. The fraction of sp³-hybridized carbons (Fsp3) is 0.192. The summed E-state index contributed by atoms with van der Waals surface area (Å²) in [5, 5.41) is 8.50. The van der Waals surface area contributed by atoms with Crippen molar-refractivity contribution in [2.45, 2.75) is 31.9 Å². The van der Waals surface area contributed by atoms with Crippen molar-refractivity contribution < 1.29 is 18.7 Å². The Balaban J connectivity index is 1.42. The number of para-hydroxylation sites is 2. The average Bonchev–Trinajstić information content (AvgIpc) is 3.37. The minimum absolute atomic E-state index is 0.212. The van der Waals surface area contributed by atoms with Crippen LogP contribution in [0.1, 0.15) is 25.3 Å². The summed E-state index contributed by atoms with van der Waals surface area (Å²) in [5.41, 5.74) is 2.91. The number of aromatic nitrogens is 2. The number of carbonyl (C=O) groups excluding carboxylic acids is 2. The van der Waals surface area contributed by atoms with Crippen LogP contribution in [0.25, 0.3) is 34.2 Å². The second-order valence-electron chi connectivity index (χ2n) is 8.06. The third kappa shape index (κ3) is 4.72. The zero-order chi connectivity index (χ0) is 22.8. The van der Waals surface area contributed by atoms with E-state index in [1.54, 1.807) is 17.7 Å². The van der Waals surface area contributed by atoms with Crippen molar-refractivity contribution in [3.63, 3.8) is 0 Å². The van der Waals surface area contributed by atoms with E-state index in [9.17, 15) is 9.59 Å². The molecule has 5 rings (SSSR count). The van der Waals surface area contributed by atoms with Gasteiger partial charge in [-0.15, -0.1) is 0 Å². The van der Waals surface area contributed by atoms with Crippen LogP contribution in [-0.2, 0) is 14.3 Å². The highest BCUT2D eigenvalue weighted by molar-refractivity contribution is 5.92. The molecule has 1 unspecified atom stereocenters. The van der Waals surface area contributed by atoms with Crippen LogP contribution in [-0.4, -0.2) is 33.8 Å². The first-order valence-electron chi connectivity index (χ1n) is 10.9. The van der Waals surface area contributed by atoms with Crippen LogP contribution in [0.15, 0.2) is 77.4 Å². The molecule has 1 aliphatic rings. The van der Waals surface area contributed by atoms with Gasteiger partial charge < -0.3 is 14.5 Å². The molecule has 1 aliphatic carbocycles. The highest BCUT2D eigenvalue weighted by atomic mass is 16.5. The maximum atomic E-state index is 12.4. The number of benzene rings is 2. The summed E-state index contributed by atoms with van der Waals surface area (Å²) in [4.78, 5) is 24.4. The summed E-state index contributed by atoms with van der Waals surface area (Å²) in [7, 11) is 0. The summed E-state index contributed by atoms with van der Waals surface area (Å²) >= 11 is 0. The number of esters is 1. The van der Waals surface area contributed by atoms with E-state index in [1.165, 1.54) is 6.08 Å². The van der Waals surface area contributed by atoms with Crippen molar-refractivity contribution in [3.8, 4) is 17.1 Å². The minimum Gasteiger partial charge on any atom is -0.454 e. The summed E-state index contributed by atoms with van der Waals surface area (Å²) in [6.07, 6.45) is 5.85. The van der Waals surface area contributed by atoms with Gasteiger partial charge in [-0.05, 0) is 50.1 Å². The van der Waals surface area contributed by atoms with E-state index in [1.807, 2.05) is 66.9 Å². The third-order valence-corrected chi connectivity index (χ3v) is 5.41. The SMILES string of the molecule is CC(OC(=O)/C=C/c1cn(-c2ccccc2)nc1-c1cc2ccccc2o1)C(=O)NC1CC1. The van der Waals surface area contributed by atoms with Gasteiger partial charge in [-0.3, -0.25) is 4.79 Å². The topological polar surface area (TPSA) is 86.4 Å². The molecular formula is C26H23N3O4. The standard InChI is InChI=1S/C26H23N3O4/c1-17(26(31)27-20-12-13-20)32-24(30)14-11-19-16-29(21-8-3-2-4-9-21)28-25(19)23-15-18-7-5-6-10-22(18)33-23/h2-11,14-17,20H,12-13H2,1H3,(H,27,31)/b14-11+. The summed E-state index contributed by atoms with van der Waals surface area (Å²) in [6.45, 7) is 1.57. The highest BCUT2D eigenvalue weighted by Gasteiger charge is 2.27. The second-order valence-corrected chi connectivity index (χ2v) is 8.06. The van der Waals surface area contributed by atoms with Crippen molar-refractivity contribution in [2.24, 2.45) is 0 Å². The fourth-order valence-electron chi connectivity index (χ4n) is 3.48. The van der Waals surface area contributed by atoms with Crippen molar-refractivity contribution in [1.82, 2.24) is 15.1 Å². The summed E-state index contributed by atoms with van der Waals surface area (Å²) in [6, 6.07) is 19.5. The Labute approximate surface area is 190 Å². The summed E-state index contributed by atoms with van der Waals surface area (Å²) in [5.74, 6) is -0.286. The molecule has 2 heterocycles. The van der Waals surface area contributed by atoms with Gasteiger partial charge >= 0.3 is 5.97 Å². The zero-order valence-electron chi connectivity index (χ0n) is 18.1. The number of hydrogen-bond donors (Lipinski definition) is 1. The molecule has 0 radical (unpaired) electrons. The molecule has 1 amide bonds. The van der Waals surface area contributed by atoms with E-state index in [0.29, 0.717) is 17.0 Å². The van der Waals surface area contributed by atoms with Crippen LogP contribution in [0.5, 0.6) is 0 Å². The molecule has 33 heavy (non-hydrogen) atoms. The number of nitrogens with one attached hydrogen (secondary N) is 1. The van der Waals surface area contributed by atoms with Gasteiger partial charge in [0.15, 0.2) is 11.9 Å². The molecule has 2 aromatic heterocycles. The lowest BCUT2D eigenvalue weighted by atomic mass is 10.2. The molecule has 0 bridgehead atoms. The Morgan fingerprint density at radius 3 is 2.67 bits per heavy atom. The molecule has 7 heteroatoms. The molecule has 0 spiro atoms. The fourth-order valence-corrected chi connectivity index (χ4v) is 3.48. The number of hydrogen-bond acceptors (Lipinski definition) is 5. The molecule has 166 valence electrons. The molecule has 1 saturated carbocycles. The molecule has 4 aromatic rings. The Morgan fingerprint density at radius 1 is 1.15 bits per heavy atom. The van der Waals surface area contributed by atoms with Gasteiger partial charge in [-0.25, -0.2) is 9.48 Å². The van der Waals surface area contributed by atoms with E-state index in [4.69, 9.17) is 14.3 Å². The zero-order valence-corrected chi connectivity index (χ0v) is 18.1. The largest absolute Gasteiger partial charge is 0.454 e. The normalized spacial score (nSPS) is 14.5. The van der Waals surface area contributed by atoms with Crippen LogP contribution < -0.4 is 5.32 Å². The van der Waals surface area contributed by atoms with Crippen molar-refractivity contribution in [2.75, 3.05) is 0 Å². The monoisotopic (exact) mass is 441 g/mol. The Morgan fingerprint density at radius 2 is 1.91 bits per heavy atom. The lowest BCUT2D eigenvalue weighted by Gasteiger charge is -2.11. The molecule has 2 aromatic carbocycles. The van der Waals surface area contributed by atoms with Crippen LogP contribution >= 0.6 is 0 Å². The van der Waals surface area contributed by atoms with Crippen LogP contribution in [0.3, 0.4) is 0 Å². The first-order chi connectivity index (χ1) is 16.1. The predicted octanol–water partition coefficient (Wildman–Crippen LogP) is 4.51. The average molecular weight is 441 g/mol. The van der Waals surface area contributed by atoms with E-state index < -0.39 is 12.1 Å².